The van der Waals surface area contributed by atoms with Gasteiger partial charge in [0.1, 0.15) is 17.7 Å². The number of nitrogens with zero attached hydrogens (tertiary/aromatic N) is 1. The molecule has 1 unspecified atom stereocenters. The maximum atomic E-state index is 13.7. The number of anilines is 1. The predicted molar refractivity (Wildman–Crippen MR) is 68.6 cm³/mol. The number of nitrogens with two attached hydrogens (primary N) is 1. The normalized spacial score (nSPS) is 12.4. The Morgan fingerprint density at radius 3 is 2.56 bits per heavy atom. The molecule has 0 bridgehead atoms. The summed E-state index contributed by atoms with van der Waals surface area (Å²) in [7, 11) is 0. The van der Waals surface area contributed by atoms with Crippen LogP contribution in [0.25, 0.3) is 0 Å². The lowest BCUT2D eigenvalue weighted by molar-refractivity contribution is 0.215. The number of aliphatic hydroxyl groups excluding tert-OH is 1. The molecule has 18 heavy (non-hydrogen) atoms. The van der Waals surface area contributed by atoms with Crippen LogP contribution in [0.1, 0.15) is 28.4 Å². The Kier molecular flexibility index (Phi) is 3.30. The highest BCUT2D eigenvalue weighted by atomic mass is 19.1. The number of aliphatic hydroxyl groups is 1. The Hall–Kier alpha value is -1.94. The monoisotopic (exact) mass is 246 g/mol. The van der Waals surface area contributed by atoms with Crippen LogP contribution in [0.5, 0.6) is 0 Å². The second-order valence-corrected chi connectivity index (χ2v) is 4.41. The molecular weight excluding hydrogens is 231 g/mol. The molecule has 0 aliphatic rings. The largest absolute Gasteiger partial charge is 0.383 e. The van der Waals surface area contributed by atoms with Gasteiger partial charge in [0.25, 0.3) is 0 Å². The lowest BCUT2D eigenvalue weighted by Gasteiger charge is -2.15. The fourth-order valence-corrected chi connectivity index (χ4v) is 1.86. The summed E-state index contributed by atoms with van der Waals surface area (Å²) < 4.78 is 13.7. The molecule has 1 atom stereocenters. The molecule has 0 aliphatic heterocycles. The average molecular weight is 246 g/mol. The molecule has 0 radical (unpaired) electrons. The number of benzene rings is 1. The summed E-state index contributed by atoms with van der Waals surface area (Å²) in [4.78, 5) is 3.97. The highest BCUT2D eigenvalue weighted by molar-refractivity contribution is 5.46. The van der Waals surface area contributed by atoms with E-state index in [1.165, 1.54) is 6.07 Å². The third-order valence-electron chi connectivity index (χ3n) is 2.83. The molecule has 4 heteroatoms. The van der Waals surface area contributed by atoms with Crippen molar-refractivity contribution < 1.29 is 9.50 Å². The lowest BCUT2D eigenvalue weighted by atomic mass is 9.99. The molecule has 0 amide bonds. The van der Waals surface area contributed by atoms with Crippen molar-refractivity contribution in [2.45, 2.75) is 20.0 Å². The van der Waals surface area contributed by atoms with Gasteiger partial charge in [-0.25, -0.2) is 9.37 Å². The molecule has 0 aliphatic carbocycles. The highest BCUT2D eigenvalue weighted by Gasteiger charge is 2.18. The number of halogens is 1. The van der Waals surface area contributed by atoms with Gasteiger partial charge in [0.15, 0.2) is 0 Å². The number of hydrogen-bond donors (Lipinski definition) is 2. The van der Waals surface area contributed by atoms with E-state index in [2.05, 4.69) is 4.98 Å². The number of rotatable bonds is 2. The van der Waals surface area contributed by atoms with Crippen LogP contribution in [-0.2, 0) is 0 Å². The summed E-state index contributed by atoms with van der Waals surface area (Å²) in [6, 6.07) is 6.33. The molecular formula is C14H15FN2O. The van der Waals surface area contributed by atoms with Gasteiger partial charge in [-0.05, 0) is 31.5 Å². The van der Waals surface area contributed by atoms with Crippen molar-refractivity contribution in [3.63, 3.8) is 0 Å². The quantitative estimate of drug-likeness (QED) is 0.856. The van der Waals surface area contributed by atoms with Crippen LogP contribution in [-0.4, -0.2) is 10.1 Å². The topological polar surface area (TPSA) is 59.1 Å². The minimum atomic E-state index is -1.10. The van der Waals surface area contributed by atoms with Crippen molar-refractivity contribution >= 4 is 5.82 Å². The Balaban J connectivity index is 2.50. The molecule has 1 aromatic heterocycles. The van der Waals surface area contributed by atoms with Gasteiger partial charge in [-0.1, -0.05) is 17.7 Å². The van der Waals surface area contributed by atoms with Crippen LogP contribution >= 0.6 is 0 Å². The third kappa shape index (κ3) is 2.33. The molecule has 1 heterocycles. The minimum Gasteiger partial charge on any atom is -0.383 e. The van der Waals surface area contributed by atoms with Crippen LogP contribution < -0.4 is 5.73 Å². The van der Waals surface area contributed by atoms with Crippen LogP contribution in [0.4, 0.5) is 10.2 Å². The number of nitrogen functional groups attached to an aromatic ring is 1. The predicted octanol–water partition coefficient (Wildman–Crippen LogP) is 2.50. The van der Waals surface area contributed by atoms with E-state index < -0.39 is 11.9 Å². The first-order valence-corrected chi connectivity index (χ1v) is 5.65. The molecule has 94 valence electrons. The summed E-state index contributed by atoms with van der Waals surface area (Å²) in [5.74, 6) is -0.233. The molecule has 3 N–H and O–H groups in total. The van der Waals surface area contributed by atoms with E-state index in [1.54, 1.807) is 24.4 Å². The van der Waals surface area contributed by atoms with Crippen molar-refractivity contribution in [3.05, 3.63) is 58.5 Å². The zero-order chi connectivity index (χ0) is 13.3. The first-order chi connectivity index (χ1) is 8.49. The summed E-state index contributed by atoms with van der Waals surface area (Å²) >= 11 is 0. The molecule has 0 spiro atoms. The van der Waals surface area contributed by atoms with E-state index in [9.17, 15) is 9.50 Å². The first-order valence-electron chi connectivity index (χ1n) is 5.65. The molecule has 2 aromatic rings. The van der Waals surface area contributed by atoms with E-state index in [4.69, 9.17) is 5.73 Å². The van der Waals surface area contributed by atoms with E-state index in [-0.39, 0.29) is 11.4 Å². The second kappa shape index (κ2) is 4.74. The minimum absolute atomic E-state index is 0.217. The Morgan fingerprint density at radius 2 is 1.83 bits per heavy atom. The molecule has 0 saturated heterocycles. The summed E-state index contributed by atoms with van der Waals surface area (Å²) in [5, 5.41) is 10.2. The number of pyridine rings is 1. The van der Waals surface area contributed by atoms with Crippen molar-refractivity contribution in [1.82, 2.24) is 4.98 Å². The van der Waals surface area contributed by atoms with Crippen molar-refractivity contribution in [2.75, 3.05) is 5.73 Å². The van der Waals surface area contributed by atoms with E-state index in [0.717, 1.165) is 11.1 Å². The second-order valence-electron chi connectivity index (χ2n) is 4.41. The van der Waals surface area contributed by atoms with E-state index in [1.807, 2.05) is 13.8 Å². The van der Waals surface area contributed by atoms with Gasteiger partial charge >= 0.3 is 0 Å². The molecule has 1 aromatic carbocycles. The van der Waals surface area contributed by atoms with Crippen LogP contribution in [0.15, 0.2) is 30.5 Å². The lowest BCUT2D eigenvalue weighted by Crippen LogP contribution is -2.08. The Labute approximate surface area is 105 Å². The summed E-state index contributed by atoms with van der Waals surface area (Å²) in [5.41, 5.74) is 8.12. The van der Waals surface area contributed by atoms with Gasteiger partial charge in [-0.15, -0.1) is 0 Å². The van der Waals surface area contributed by atoms with Crippen molar-refractivity contribution in [1.29, 1.82) is 0 Å². The van der Waals surface area contributed by atoms with Crippen molar-refractivity contribution in [2.24, 2.45) is 0 Å². The summed E-state index contributed by atoms with van der Waals surface area (Å²) in [6.07, 6.45) is 0.510. The number of hydrogen-bond acceptors (Lipinski definition) is 3. The zero-order valence-corrected chi connectivity index (χ0v) is 10.3. The van der Waals surface area contributed by atoms with Gasteiger partial charge < -0.3 is 10.8 Å². The average Bonchev–Trinajstić information content (AvgIpc) is 2.34. The van der Waals surface area contributed by atoms with Gasteiger partial charge in [-0.3, -0.25) is 0 Å². The first kappa shape index (κ1) is 12.5. The number of aromatic nitrogens is 1. The van der Waals surface area contributed by atoms with Crippen LogP contribution in [0.2, 0.25) is 0 Å². The third-order valence-corrected chi connectivity index (χ3v) is 2.83. The summed E-state index contributed by atoms with van der Waals surface area (Å²) in [6.45, 7) is 3.68. The number of aryl methyl sites for hydroxylation is 2. The Bertz CT molecular complexity index is 533. The maximum absolute atomic E-state index is 13.7. The van der Waals surface area contributed by atoms with E-state index in [0.29, 0.717) is 5.56 Å². The van der Waals surface area contributed by atoms with Crippen molar-refractivity contribution in [3.8, 4) is 0 Å². The van der Waals surface area contributed by atoms with Gasteiger partial charge in [0, 0.05) is 17.3 Å². The molecule has 0 saturated carbocycles. The fourth-order valence-electron chi connectivity index (χ4n) is 1.86. The van der Waals surface area contributed by atoms with Gasteiger partial charge in [-0.2, -0.15) is 0 Å². The molecule has 3 nitrogen and oxygen atoms in total. The Morgan fingerprint density at radius 1 is 1.17 bits per heavy atom. The SMILES string of the molecule is Cc1ccc(F)c(C(O)c2cc(C)cnc2N)c1. The smallest absolute Gasteiger partial charge is 0.129 e. The van der Waals surface area contributed by atoms with Crippen LogP contribution in [0.3, 0.4) is 0 Å². The van der Waals surface area contributed by atoms with Gasteiger partial charge in [0.05, 0.1) is 0 Å². The fraction of sp³-hybridized carbons (Fsp3) is 0.214. The standard InChI is InChI=1S/C14H15FN2O/c1-8-3-4-12(15)10(5-8)13(18)11-6-9(2)7-17-14(11)16/h3-7,13,18H,1-2H3,(H2,16,17). The maximum Gasteiger partial charge on any atom is 0.129 e. The van der Waals surface area contributed by atoms with Crippen LogP contribution in [0, 0.1) is 19.7 Å². The highest BCUT2D eigenvalue weighted by Crippen LogP contribution is 2.28. The molecule has 2 rings (SSSR count). The zero-order valence-electron chi connectivity index (χ0n) is 10.3. The van der Waals surface area contributed by atoms with E-state index >= 15 is 0 Å². The van der Waals surface area contributed by atoms with Gasteiger partial charge in [0.2, 0.25) is 0 Å². The molecule has 0 fully saturated rings.